The molecule has 0 unspecified atom stereocenters. The molecule has 1 aromatic rings. The van der Waals surface area contributed by atoms with E-state index in [0.717, 1.165) is 12.5 Å². The van der Waals surface area contributed by atoms with Crippen LogP contribution in [0.1, 0.15) is 51.0 Å². The van der Waals surface area contributed by atoms with Crippen molar-refractivity contribution >= 4 is 0 Å². The van der Waals surface area contributed by atoms with Crippen molar-refractivity contribution in [2.45, 2.75) is 51.5 Å². The van der Waals surface area contributed by atoms with Crippen molar-refractivity contribution in [2.75, 3.05) is 13.2 Å². The Kier molecular flexibility index (Phi) is 5.00. The lowest BCUT2D eigenvalue weighted by molar-refractivity contribution is 0.149. The Morgan fingerprint density at radius 1 is 1.11 bits per heavy atom. The van der Waals surface area contributed by atoms with Crippen molar-refractivity contribution in [3.8, 4) is 0 Å². The van der Waals surface area contributed by atoms with Crippen LogP contribution in [0.3, 0.4) is 0 Å². The van der Waals surface area contributed by atoms with E-state index in [1.54, 1.807) is 0 Å². The summed E-state index contributed by atoms with van der Waals surface area (Å²) in [5.41, 5.74) is 1.49. The average Bonchev–Trinajstić information content (AvgIpc) is 2.47. The second kappa shape index (κ2) is 6.53. The van der Waals surface area contributed by atoms with Crippen molar-refractivity contribution in [1.29, 1.82) is 0 Å². The molecule has 106 valence electrons. The van der Waals surface area contributed by atoms with Crippen molar-refractivity contribution in [3.63, 3.8) is 0 Å². The van der Waals surface area contributed by atoms with Gasteiger partial charge in [-0.3, -0.25) is 0 Å². The largest absolute Gasteiger partial charge is 0.396 e. The molecule has 0 amide bonds. The summed E-state index contributed by atoms with van der Waals surface area (Å²) in [5, 5.41) is 12.9. The third kappa shape index (κ3) is 4.32. The van der Waals surface area contributed by atoms with Gasteiger partial charge in [-0.25, -0.2) is 0 Å². The fourth-order valence-electron chi connectivity index (χ4n) is 2.83. The topological polar surface area (TPSA) is 32.3 Å². The maximum atomic E-state index is 9.27. The van der Waals surface area contributed by atoms with Crippen molar-refractivity contribution in [1.82, 2.24) is 5.32 Å². The van der Waals surface area contributed by atoms with E-state index < -0.39 is 0 Å². The number of hydrogen-bond acceptors (Lipinski definition) is 2. The maximum Gasteiger partial charge on any atom is 0.0494 e. The minimum absolute atomic E-state index is 0.00369. The standard InChI is InChI=1S/C17H27NO/c1-17(2,13-19)12-18-16-10-8-15(9-11-16)14-6-4-3-5-7-14/h3-7,15-16,18-19H,8-13H2,1-2H3. The summed E-state index contributed by atoms with van der Waals surface area (Å²) in [6, 6.07) is 11.5. The van der Waals surface area contributed by atoms with E-state index in [1.165, 1.54) is 31.2 Å². The summed E-state index contributed by atoms with van der Waals surface area (Å²) in [6.45, 7) is 5.37. The lowest BCUT2D eigenvalue weighted by Gasteiger charge is -2.32. The minimum atomic E-state index is -0.00369. The number of hydrogen-bond donors (Lipinski definition) is 2. The molecule has 1 fully saturated rings. The molecular weight excluding hydrogens is 234 g/mol. The van der Waals surface area contributed by atoms with Gasteiger partial charge < -0.3 is 10.4 Å². The lowest BCUT2D eigenvalue weighted by Crippen LogP contribution is -2.40. The molecule has 2 rings (SSSR count). The summed E-state index contributed by atoms with van der Waals surface area (Å²) in [5.74, 6) is 0.741. The van der Waals surface area contributed by atoms with Crippen LogP contribution < -0.4 is 5.32 Å². The van der Waals surface area contributed by atoms with E-state index in [4.69, 9.17) is 0 Å². The fourth-order valence-corrected chi connectivity index (χ4v) is 2.83. The van der Waals surface area contributed by atoms with E-state index in [9.17, 15) is 5.11 Å². The van der Waals surface area contributed by atoms with Crippen LogP contribution in [-0.2, 0) is 0 Å². The first-order valence-corrected chi connectivity index (χ1v) is 7.50. The van der Waals surface area contributed by atoms with Crippen molar-refractivity contribution in [3.05, 3.63) is 35.9 Å². The van der Waals surface area contributed by atoms with Gasteiger partial charge in [0.2, 0.25) is 0 Å². The molecule has 0 bridgehead atoms. The van der Waals surface area contributed by atoms with E-state index in [0.29, 0.717) is 6.04 Å². The summed E-state index contributed by atoms with van der Waals surface area (Å²) in [6.07, 6.45) is 5.06. The molecule has 2 heteroatoms. The fraction of sp³-hybridized carbons (Fsp3) is 0.647. The highest BCUT2D eigenvalue weighted by molar-refractivity contribution is 5.20. The first-order chi connectivity index (χ1) is 9.11. The van der Waals surface area contributed by atoms with Crippen LogP contribution >= 0.6 is 0 Å². The van der Waals surface area contributed by atoms with Crippen LogP contribution in [-0.4, -0.2) is 24.3 Å². The normalized spacial score (nSPS) is 24.4. The van der Waals surface area contributed by atoms with Crippen molar-refractivity contribution in [2.24, 2.45) is 5.41 Å². The van der Waals surface area contributed by atoms with Gasteiger partial charge in [0, 0.05) is 24.6 Å². The van der Waals surface area contributed by atoms with Crippen LogP contribution in [0.2, 0.25) is 0 Å². The van der Waals surface area contributed by atoms with E-state index >= 15 is 0 Å². The predicted octanol–water partition coefficient (Wildman–Crippen LogP) is 3.32. The zero-order chi connectivity index (χ0) is 13.7. The Hall–Kier alpha value is -0.860. The highest BCUT2D eigenvalue weighted by Crippen LogP contribution is 2.32. The molecule has 0 radical (unpaired) electrons. The first kappa shape index (κ1) is 14.5. The molecule has 19 heavy (non-hydrogen) atoms. The smallest absolute Gasteiger partial charge is 0.0494 e. The molecule has 0 saturated heterocycles. The number of rotatable bonds is 5. The molecule has 0 heterocycles. The summed E-state index contributed by atoms with van der Waals surface area (Å²) >= 11 is 0. The third-order valence-corrected chi connectivity index (χ3v) is 4.30. The Bertz CT molecular complexity index is 366. The second-order valence-electron chi connectivity index (χ2n) is 6.66. The molecular formula is C17H27NO. The van der Waals surface area contributed by atoms with Crippen molar-refractivity contribution < 1.29 is 5.11 Å². The Balaban J connectivity index is 1.77. The van der Waals surface area contributed by atoms with Gasteiger partial charge in [0.1, 0.15) is 0 Å². The highest BCUT2D eigenvalue weighted by Gasteiger charge is 2.24. The van der Waals surface area contributed by atoms with Crippen LogP contribution in [0.4, 0.5) is 0 Å². The van der Waals surface area contributed by atoms with Gasteiger partial charge in [0.25, 0.3) is 0 Å². The molecule has 0 aromatic heterocycles. The molecule has 1 saturated carbocycles. The lowest BCUT2D eigenvalue weighted by atomic mass is 9.81. The SMILES string of the molecule is CC(C)(CO)CNC1CCC(c2ccccc2)CC1. The van der Waals surface area contributed by atoms with E-state index in [1.807, 2.05) is 0 Å². The molecule has 1 aromatic carbocycles. The Labute approximate surface area is 117 Å². The molecule has 1 aliphatic carbocycles. The number of aliphatic hydroxyl groups excluding tert-OH is 1. The molecule has 2 nitrogen and oxygen atoms in total. The monoisotopic (exact) mass is 261 g/mol. The first-order valence-electron chi connectivity index (χ1n) is 7.50. The van der Waals surface area contributed by atoms with Gasteiger partial charge >= 0.3 is 0 Å². The molecule has 2 N–H and O–H groups in total. The quantitative estimate of drug-likeness (QED) is 0.852. The van der Waals surface area contributed by atoms with Crippen LogP contribution in [0, 0.1) is 5.41 Å². The summed E-state index contributed by atoms with van der Waals surface area (Å²) < 4.78 is 0. The minimum Gasteiger partial charge on any atom is -0.396 e. The number of nitrogens with one attached hydrogen (secondary N) is 1. The third-order valence-electron chi connectivity index (χ3n) is 4.30. The molecule has 1 aliphatic rings. The van der Waals surface area contributed by atoms with E-state index in [-0.39, 0.29) is 12.0 Å². The van der Waals surface area contributed by atoms with Gasteiger partial charge in [0.05, 0.1) is 0 Å². The highest BCUT2D eigenvalue weighted by atomic mass is 16.3. The van der Waals surface area contributed by atoms with Crippen LogP contribution in [0.5, 0.6) is 0 Å². The summed E-state index contributed by atoms with van der Waals surface area (Å²) in [4.78, 5) is 0. The zero-order valence-corrected chi connectivity index (χ0v) is 12.2. The zero-order valence-electron chi connectivity index (χ0n) is 12.2. The van der Waals surface area contributed by atoms with Crippen LogP contribution in [0.15, 0.2) is 30.3 Å². The summed E-state index contributed by atoms with van der Waals surface area (Å²) in [7, 11) is 0. The molecule has 0 spiro atoms. The van der Waals surface area contributed by atoms with Gasteiger partial charge in [-0.15, -0.1) is 0 Å². The van der Waals surface area contributed by atoms with Crippen LogP contribution in [0.25, 0.3) is 0 Å². The van der Waals surface area contributed by atoms with E-state index in [2.05, 4.69) is 49.5 Å². The Morgan fingerprint density at radius 3 is 2.32 bits per heavy atom. The molecule has 0 atom stereocenters. The van der Waals surface area contributed by atoms with Gasteiger partial charge in [-0.2, -0.15) is 0 Å². The molecule has 0 aliphatic heterocycles. The number of benzene rings is 1. The average molecular weight is 261 g/mol. The second-order valence-corrected chi connectivity index (χ2v) is 6.66. The van der Waals surface area contributed by atoms with Gasteiger partial charge in [0.15, 0.2) is 0 Å². The Morgan fingerprint density at radius 2 is 1.74 bits per heavy atom. The maximum absolute atomic E-state index is 9.27. The predicted molar refractivity (Wildman–Crippen MR) is 80.3 cm³/mol. The van der Waals surface area contributed by atoms with Gasteiger partial charge in [-0.1, -0.05) is 44.2 Å². The van der Waals surface area contributed by atoms with Gasteiger partial charge in [-0.05, 0) is 37.2 Å². The number of aliphatic hydroxyl groups is 1.